The number of hydrogen-bond donors (Lipinski definition) is 3. The zero-order chi connectivity index (χ0) is 20.5. The maximum absolute atomic E-state index is 13.2. The van der Waals surface area contributed by atoms with E-state index in [1.807, 2.05) is 32.9 Å². The number of aryl methyl sites for hydroxylation is 1. The number of benzene rings is 2. The van der Waals surface area contributed by atoms with Crippen LogP contribution < -0.4 is 15.5 Å². The lowest BCUT2D eigenvalue weighted by Crippen LogP contribution is -2.63. The molecule has 0 fully saturated rings. The third kappa shape index (κ3) is 3.52. The van der Waals surface area contributed by atoms with Gasteiger partial charge >= 0.3 is 6.03 Å². The molecular weight excluding hydrogens is 422 g/mol. The summed E-state index contributed by atoms with van der Waals surface area (Å²) in [7, 11) is 0. The van der Waals surface area contributed by atoms with Gasteiger partial charge in [0.15, 0.2) is 0 Å². The second-order valence-corrected chi connectivity index (χ2v) is 7.85. The summed E-state index contributed by atoms with van der Waals surface area (Å²) in [6, 6.07) is 11.6. The maximum Gasteiger partial charge on any atom is 0.329 e. The highest BCUT2D eigenvalue weighted by atomic mass is 79.9. The third-order valence-corrected chi connectivity index (χ3v) is 5.53. The number of urea groups is 1. The zero-order valence-electron chi connectivity index (χ0n) is 16.1. The number of carbonyl (C=O) groups is 2. The highest BCUT2D eigenvalue weighted by Gasteiger charge is 2.52. The zero-order valence-corrected chi connectivity index (χ0v) is 17.7. The molecule has 0 radical (unpaired) electrons. The molecule has 3 rings (SSSR count). The lowest BCUT2D eigenvalue weighted by atomic mass is 9.94. The van der Waals surface area contributed by atoms with E-state index >= 15 is 0 Å². The molecule has 3 N–H and O–H groups in total. The Morgan fingerprint density at radius 2 is 1.93 bits per heavy atom. The molecular formula is C21H24BrN3O3. The van der Waals surface area contributed by atoms with Crippen molar-refractivity contribution in [2.45, 2.75) is 45.4 Å². The Morgan fingerprint density at radius 1 is 1.25 bits per heavy atom. The Bertz CT molecular complexity index is 900. The normalized spacial score (nSPS) is 19.6. The van der Waals surface area contributed by atoms with E-state index in [2.05, 4.69) is 26.6 Å². The van der Waals surface area contributed by atoms with Crippen LogP contribution in [-0.4, -0.2) is 23.1 Å². The second-order valence-electron chi connectivity index (χ2n) is 6.93. The van der Waals surface area contributed by atoms with Crippen molar-refractivity contribution in [3.8, 4) is 0 Å². The van der Waals surface area contributed by atoms with Crippen LogP contribution in [0.25, 0.3) is 0 Å². The van der Waals surface area contributed by atoms with Crippen LogP contribution in [-0.2, 0) is 16.9 Å². The third-order valence-electron chi connectivity index (χ3n) is 5.03. The summed E-state index contributed by atoms with van der Waals surface area (Å²) in [6.07, 6.45) is 1.55. The van der Waals surface area contributed by atoms with E-state index in [1.165, 1.54) is 0 Å². The number of rotatable bonds is 5. The molecule has 0 aliphatic carbocycles. The van der Waals surface area contributed by atoms with Crippen molar-refractivity contribution in [2.24, 2.45) is 0 Å². The summed E-state index contributed by atoms with van der Waals surface area (Å²) in [6.45, 7) is 5.83. The Kier molecular flexibility index (Phi) is 5.76. The van der Waals surface area contributed by atoms with Gasteiger partial charge in [0.2, 0.25) is 0 Å². The van der Waals surface area contributed by atoms with E-state index in [1.54, 1.807) is 30.3 Å². The molecule has 28 heavy (non-hydrogen) atoms. The number of halogens is 1. The van der Waals surface area contributed by atoms with E-state index in [4.69, 9.17) is 0 Å². The Balaban J connectivity index is 2.17. The van der Waals surface area contributed by atoms with Crippen molar-refractivity contribution in [2.75, 3.05) is 10.2 Å². The smallest absolute Gasteiger partial charge is 0.329 e. The van der Waals surface area contributed by atoms with Gasteiger partial charge in [0.25, 0.3) is 11.6 Å². The standard InChI is InChI=1S/C21H24BrN3O3/c1-4-13(3)23-19(26)21(28)17-12-15(22)8-11-18(17)24-20(27)25(21)16-9-6-14(5-2)7-10-16/h6-13,28H,4-5H2,1-3H3,(H,23,26)(H,24,27)/t13-,21-/m1/s1. The fourth-order valence-corrected chi connectivity index (χ4v) is 3.55. The minimum atomic E-state index is -2.18. The minimum absolute atomic E-state index is 0.151. The molecule has 6 nitrogen and oxygen atoms in total. The van der Waals surface area contributed by atoms with Crippen molar-refractivity contribution in [3.63, 3.8) is 0 Å². The predicted molar refractivity (Wildman–Crippen MR) is 113 cm³/mol. The molecule has 7 heteroatoms. The Labute approximate surface area is 173 Å². The fourth-order valence-electron chi connectivity index (χ4n) is 3.19. The highest BCUT2D eigenvalue weighted by molar-refractivity contribution is 9.10. The van der Waals surface area contributed by atoms with Crippen molar-refractivity contribution in [3.05, 3.63) is 58.1 Å². The van der Waals surface area contributed by atoms with Crippen LogP contribution in [0, 0.1) is 0 Å². The van der Waals surface area contributed by atoms with E-state index in [0.717, 1.165) is 16.9 Å². The first-order valence-electron chi connectivity index (χ1n) is 9.34. The van der Waals surface area contributed by atoms with Crippen LogP contribution in [0.15, 0.2) is 46.9 Å². The largest absolute Gasteiger partial charge is 0.359 e. The van der Waals surface area contributed by atoms with Gasteiger partial charge in [0, 0.05) is 21.8 Å². The fraction of sp³-hybridized carbons (Fsp3) is 0.333. The molecule has 2 aromatic rings. The quantitative estimate of drug-likeness (QED) is 0.646. The Morgan fingerprint density at radius 3 is 2.54 bits per heavy atom. The molecule has 0 spiro atoms. The monoisotopic (exact) mass is 445 g/mol. The molecule has 0 bridgehead atoms. The highest BCUT2D eigenvalue weighted by Crippen LogP contribution is 2.41. The summed E-state index contributed by atoms with van der Waals surface area (Å²) in [5.41, 5.74) is 0.0517. The number of aliphatic hydroxyl groups is 1. The van der Waals surface area contributed by atoms with Gasteiger partial charge in [-0.2, -0.15) is 0 Å². The average molecular weight is 446 g/mol. The summed E-state index contributed by atoms with van der Waals surface area (Å²) >= 11 is 3.39. The number of nitrogens with one attached hydrogen (secondary N) is 2. The van der Waals surface area contributed by atoms with Crippen LogP contribution in [0.2, 0.25) is 0 Å². The second kappa shape index (κ2) is 7.93. The van der Waals surface area contributed by atoms with Gasteiger partial charge in [-0.25, -0.2) is 4.79 Å². The molecule has 1 aliphatic rings. The summed E-state index contributed by atoms with van der Waals surface area (Å²) in [5.74, 6) is -0.643. The van der Waals surface area contributed by atoms with E-state index in [9.17, 15) is 14.7 Å². The van der Waals surface area contributed by atoms with E-state index in [0.29, 0.717) is 27.8 Å². The predicted octanol–water partition coefficient (Wildman–Crippen LogP) is 4.12. The topological polar surface area (TPSA) is 81.7 Å². The van der Waals surface area contributed by atoms with Crippen LogP contribution in [0.1, 0.15) is 38.3 Å². The van der Waals surface area contributed by atoms with Gasteiger partial charge in [0.1, 0.15) is 0 Å². The minimum Gasteiger partial charge on any atom is -0.359 e. The number of nitrogens with zero attached hydrogens (tertiary/aromatic N) is 1. The molecule has 2 atom stereocenters. The van der Waals surface area contributed by atoms with Crippen molar-refractivity contribution < 1.29 is 14.7 Å². The molecule has 0 saturated heterocycles. The molecule has 148 valence electrons. The number of amides is 3. The Hall–Kier alpha value is -2.38. The van der Waals surface area contributed by atoms with Gasteiger partial charge in [0.05, 0.1) is 5.69 Å². The average Bonchev–Trinajstić information content (AvgIpc) is 2.69. The summed E-state index contributed by atoms with van der Waals surface area (Å²) < 4.78 is 0.693. The van der Waals surface area contributed by atoms with Crippen molar-refractivity contribution in [1.82, 2.24) is 5.32 Å². The first-order valence-corrected chi connectivity index (χ1v) is 10.1. The SMILES string of the molecule is CCc1ccc(N2C(=O)Nc3ccc(Br)cc3[C@@]2(O)C(=O)N[C@H](C)CC)cc1. The van der Waals surface area contributed by atoms with Crippen LogP contribution in [0.3, 0.4) is 0 Å². The van der Waals surface area contributed by atoms with Gasteiger partial charge in [-0.1, -0.05) is 41.9 Å². The van der Waals surface area contributed by atoms with Crippen LogP contribution in [0.5, 0.6) is 0 Å². The van der Waals surface area contributed by atoms with Gasteiger partial charge in [-0.3, -0.25) is 9.69 Å². The molecule has 0 saturated carbocycles. The number of hydrogen-bond acceptors (Lipinski definition) is 3. The molecule has 1 heterocycles. The van der Waals surface area contributed by atoms with Gasteiger partial charge in [-0.15, -0.1) is 0 Å². The maximum atomic E-state index is 13.2. The number of carbonyl (C=O) groups excluding carboxylic acids is 2. The summed E-state index contributed by atoms with van der Waals surface area (Å²) in [5, 5.41) is 17.3. The number of fused-ring (bicyclic) bond motifs is 1. The number of anilines is 2. The molecule has 0 unspecified atom stereocenters. The van der Waals surface area contributed by atoms with Gasteiger partial charge < -0.3 is 15.7 Å². The van der Waals surface area contributed by atoms with Crippen molar-refractivity contribution >= 4 is 39.2 Å². The van der Waals surface area contributed by atoms with Crippen LogP contribution in [0.4, 0.5) is 16.2 Å². The van der Waals surface area contributed by atoms with Gasteiger partial charge in [-0.05, 0) is 55.7 Å². The lowest BCUT2D eigenvalue weighted by Gasteiger charge is -2.43. The first kappa shape index (κ1) is 20.4. The van der Waals surface area contributed by atoms with E-state index in [-0.39, 0.29) is 6.04 Å². The molecule has 3 amide bonds. The van der Waals surface area contributed by atoms with Crippen molar-refractivity contribution in [1.29, 1.82) is 0 Å². The van der Waals surface area contributed by atoms with Crippen LogP contribution >= 0.6 is 15.9 Å². The molecule has 0 aromatic heterocycles. The summed E-state index contributed by atoms with van der Waals surface area (Å²) in [4.78, 5) is 27.3. The molecule has 2 aromatic carbocycles. The van der Waals surface area contributed by atoms with E-state index < -0.39 is 17.7 Å². The molecule has 1 aliphatic heterocycles. The lowest BCUT2D eigenvalue weighted by molar-refractivity contribution is -0.140. The first-order chi connectivity index (χ1) is 13.3.